The molecule has 0 N–H and O–H groups in total. The third-order valence-corrected chi connectivity index (χ3v) is 4.94. The fraction of sp³-hybridized carbons (Fsp3) is 0.100. The second-order valence-electron chi connectivity index (χ2n) is 6.23. The predicted octanol–water partition coefficient (Wildman–Crippen LogP) is 4.12. The molecule has 8 heteroatoms. The lowest BCUT2D eigenvalue weighted by atomic mass is 10.2. The van der Waals surface area contributed by atoms with E-state index in [9.17, 15) is 10.1 Å². The smallest absolute Gasteiger partial charge is 0.261 e. The number of nitrogens with zero attached hydrogens (tertiary/aromatic N) is 5. The minimum atomic E-state index is -0.295. The van der Waals surface area contributed by atoms with Crippen LogP contribution in [0.2, 0.25) is 10.0 Å². The zero-order chi connectivity index (χ0) is 19.8. The average molecular weight is 410 g/mol. The molecule has 2 aromatic heterocycles. The molecule has 2 heterocycles. The van der Waals surface area contributed by atoms with Crippen LogP contribution in [-0.4, -0.2) is 19.3 Å². The average Bonchev–Trinajstić information content (AvgIpc) is 3.00. The minimum absolute atomic E-state index is 0.129. The number of para-hydroxylation sites is 1. The molecule has 0 radical (unpaired) electrons. The van der Waals surface area contributed by atoms with Crippen molar-refractivity contribution in [2.24, 2.45) is 0 Å². The molecule has 0 bridgehead atoms. The molecule has 0 amide bonds. The van der Waals surface area contributed by atoms with Crippen molar-refractivity contribution in [1.82, 2.24) is 19.3 Å². The van der Waals surface area contributed by atoms with Gasteiger partial charge in [-0.2, -0.15) is 10.4 Å². The maximum absolute atomic E-state index is 13.0. The normalized spacial score (nSPS) is 10.9. The molecule has 0 fully saturated rings. The van der Waals surface area contributed by atoms with Gasteiger partial charge in [-0.15, -0.1) is 0 Å². The van der Waals surface area contributed by atoms with Crippen LogP contribution in [0, 0.1) is 18.3 Å². The van der Waals surface area contributed by atoms with Crippen LogP contribution in [0.15, 0.2) is 53.6 Å². The number of aromatic nitrogens is 4. The van der Waals surface area contributed by atoms with Crippen molar-refractivity contribution in [3.05, 3.63) is 86.1 Å². The number of hydrogen-bond acceptors (Lipinski definition) is 4. The third-order valence-electron chi connectivity index (χ3n) is 4.43. The van der Waals surface area contributed by atoms with Crippen molar-refractivity contribution in [2.75, 3.05) is 0 Å². The van der Waals surface area contributed by atoms with Crippen LogP contribution in [0.3, 0.4) is 0 Å². The Kier molecular flexibility index (Phi) is 4.63. The van der Waals surface area contributed by atoms with Gasteiger partial charge in [0.15, 0.2) is 0 Å². The molecule has 0 unspecified atom stereocenters. The molecule has 2 aromatic carbocycles. The van der Waals surface area contributed by atoms with E-state index < -0.39 is 0 Å². The van der Waals surface area contributed by atoms with Crippen LogP contribution in [0.1, 0.15) is 17.0 Å². The quantitative estimate of drug-likeness (QED) is 0.509. The molecular formula is C20H13Cl2N5O. The lowest BCUT2D eigenvalue weighted by Crippen LogP contribution is -2.23. The first kappa shape index (κ1) is 18.2. The Morgan fingerprint density at radius 2 is 1.93 bits per heavy atom. The summed E-state index contributed by atoms with van der Waals surface area (Å²) in [5.74, 6) is 0. The van der Waals surface area contributed by atoms with Gasteiger partial charge >= 0.3 is 0 Å². The van der Waals surface area contributed by atoms with Crippen LogP contribution in [0.25, 0.3) is 16.6 Å². The summed E-state index contributed by atoms with van der Waals surface area (Å²) in [6, 6.07) is 14.7. The van der Waals surface area contributed by atoms with E-state index in [1.165, 1.54) is 10.9 Å². The number of hydrogen-bond donors (Lipinski definition) is 0. The summed E-state index contributed by atoms with van der Waals surface area (Å²) in [5.41, 5.74) is 2.52. The highest BCUT2D eigenvalue weighted by atomic mass is 35.5. The van der Waals surface area contributed by atoms with Gasteiger partial charge in [-0.05, 0) is 31.2 Å². The van der Waals surface area contributed by atoms with Gasteiger partial charge in [-0.3, -0.25) is 9.36 Å². The zero-order valence-corrected chi connectivity index (χ0v) is 16.2. The third kappa shape index (κ3) is 3.05. The van der Waals surface area contributed by atoms with Gasteiger partial charge in [0, 0.05) is 5.02 Å². The van der Waals surface area contributed by atoms with Crippen molar-refractivity contribution in [2.45, 2.75) is 13.5 Å². The monoisotopic (exact) mass is 409 g/mol. The Balaban J connectivity index is 1.90. The molecule has 0 aliphatic rings. The number of rotatable bonds is 3. The van der Waals surface area contributed by atoms with Gasteiger partial charge in [0.2, 0.25) is 0 Å². The Morgan fingerprint density at radius 3 is 2.64 bits per heavy atom. The summed E-state index contributed by atoms with van der Waals surface area (Å²) in [4.78, 5) is 17.3. The van der Waals surface area contributed by atoms with Gasteiger partial charge in [0.1, 0.15) is 6.07 Å². The van der Waals surface area contributed by atoms with Gasteiger partial charge in [-0.25, -0.2) is 9.67 Å². The fourth-order valence-corrected chi connectivity index (χ4v) is 3.66. The maximum Gasteiger partial charge on any atom is 0.261 e. The topological polar surface area (TPSA) is 76.5 Å². The van der Waals surface area contributed by atoms with Crippen LogP contribution in [0.5, 0.6) is 0 Å². The van der Waals surface area contributed by atoms with Crippen LogP contribution >= 0.6 is 23.2 Å². The second kappa shape index (κ2) is 7.12. The highest BCUT2D eigenvalue weighted by molar-refractivity contribution is 6.38. The van der Waals surface area contributed by atoms with E-state index in [0.717, 1.165) is 5.69 Å². The van der Waals surface area contributed by atoms with Crippen molar-refractivity contribution in [3.63, 3.8) is 0 Å². The molecule has 0 saturated heterocycles. The van der Waals surface area contributed by atoms with Crippen molar-refractivity contribution in [3.8, 4) is 11.8 Å². The van der Waals surface area contributed by atoms with Crippen molar-refractivity contribution < 1.29 is 0 Å². The molecular weight excluding hydrogens is 397 g/mol. The SMILES string of the molecule is Cc1nn(-c2ccccc2)c(Cn2cnc3c(Cl)cc(Cl)cc3c2=O)c1C#N. The number of fused-ring (bicyclic) bond motifs is 1. The lowest BCUT2D eigenvalue weighted by molar-refractivity contribution is 0.689. The molecule has 0 saturated carbocycles. The Bertz CT molecular complexity index is 1300. The van der Waals surface area contributed by atoms with E-state index in [1.54, 1.807) is 23.7 Å². The molecule has 4 rings (SSSR count). The fourth-order valence-electron chi connectivity index (χ4n) is 3.12. The first-order chi connectivity index (χ1) is 13.5. The summed E-state index contributed by atoms with van der Waals surface area (Å²) in [5, 5.41) is 15.1. The summed E-state index contributed by atoms with van der Waals surface area (Å²) in [7, 11) is 0. The number of halogens is 2. The summed E-state index contributed by atoms with van der Waals surface area (Å²) >= 11 is 12.2. The van der Waals surface area contributed by atoms with Crippen molar-refractivity contribution >= 4 is 34.1 Å². The van der Waals surface area contributed by atoms with Crippen LogP contribution in [-0.2, 0) is 6.54 Å². The van der Waals surface area contributed by atoms with E-state index in [4.69, 9.17) is 23.2 Å². The minimum Gasteiger partial charge on any atom is -0.293 e. The molecule has 0 aliphatic heterocycles. The largest absolute Gasteiger partial charge is 0.293 e. The highest BCUT2D eigenvalue weighted by Crippen LogP contribution is 2.24. The summed E-state index contributed by atoms with van der Waals surface area (Å²) in [6.45, 7) is 1.90. The molecule has 4 aromatic rings. The van der Waals surface area contributed by atoms with E-state index in [0.29, 0.717) is 37.9 Å². The maximum atomic E-state index is 13.0. The van der Waals surface area contributed by atoms with Crippen LogP contribution < -0.4 is 5.56 Å². The second-order valence-corrected chi connectivity index (χ2v) is 7.07. The highest BCUT2D eigenvalue weighted by Gasteiger charge is 2.18. The van der Waals surface area contributed by atoms with E-state index in [-0.39, 0.29) is 12.1 Å². The summed E-state index contributed by atoms with van der Waals surface area (Å²) in [6.07, 6.45) is 1.42. The standard InChI is InChI=1S/C20H13Cl2N5O/c1-12-16(9-23)18(27(25-12)14-5-3-2-4-6-14)10-26-11-24-19-15(20(26)28)7-13(21)8-17(19)22/h2-8,11H,10H2,1H3. The molecule has 0 atom stereocenters. The van der Waals surface area contributed by atoms with E-state index in [1.807, 2.05) is 30.3 Å². The Hall–Kier alpha value is -3.14. The zero-order valence-electron chi connectivity index (χ0n) is 14.7. The molecule has 6 nitrogen and oxygen atoms in total. The molecule has 0 spiro atoms. The van der Waals surface area contributed by atoms with Gasteiger partial charge in [0.05, 0.1) is 51.4 Å². The predicted molar refractivity (Wildman–Crippen MR) is 108 cm³/mol. The number of aryl methyl sites for hydroxylation is 1. The van der Waals surface area contributed by atoms with Crippen LogP contribution in [0.4, 0.5) is 0 Å². The first-order valence-corrected chi connectivity index (χ1v) is 9.13. The molecule has 28 heavy (non-hydrogen) atoms. The van der Waals surface area contributed by atoms with E-state index in [2.05, 4.69) is 16.2 Å². The number of nitriles is 1. The van der Waals surface area contributed by atoms with Gasteiger partial charge in [-0.1, -0.05) is 41.4 Å². The summed E-state index contributed by atoms with van der Waals surface area (Å²) < 4.78 is 3.10. The van der Waals surface area contributed by atoms with Crippen molar-refractivity contribution in [1.29, 1.82) is 5.26 Å². The number of benzene rings is 2. The van der Waals surface area contributed by atoms with Gasteiger partial charge < -0.3 is 0 Å². The van der Waals surface area contributed by atoms with E-state index >= 15 is 0 Å². The van der Waals surface area contributed by atoms with Gasteiger partial charge in [0.25, 0.3) is 5.56 Å². The Morgan fingerprint density at radius 1 is 1.18 bits per heavy atom. The lowest BCUT2D eigenvalue weighted by Gasteiger charge is -2.11. The Labute approximate surface area is 170 Å². The molecule has 0 aliphatic carbocycles. The molecule has 138 valence electrons. The first-order valence-electron chi connectivity index (χ1n) is 8.38.